The normalized spacial score (nSPS) is 36.4. The number of nitrogens with two attached hydrogens (primary N) is 1. The maximum Gasteiger partial charge on any atom is 0.230 e. The van der Waals surface area contributed by atoms with Crippen LogP contribution in [0.1, 0.15) is 6.42 Å². The zero-order valence-electron chi connectivity index (χ0n) is 10.8. The molecular weight excluding hydrogens is 242 g/mol. The van der Waals surface area contributed by atoms with Crippen molar-refractivity contribution in [2.75, 3.05) is 36.4 Å². The van der Waals surface area contributed by atoms with Crippen LogP contribution in [0.2, 0.25) is 0 Å². The van der Waals surface area contributed by atoms with Crippen molar-refractivity contribution in [2.24, 2.45) is 17.6 Å². The van der Waals surface area contributed by atoms with E-state index in [1.807, 2.05) is 0 Å². The molecule has 1 aromatic rings. The van der Waals surface area contributed by atoms with Gasteiger partial charge in [-0.25, -0.2) is 9.97 Å². The number of rotatable bonds is 3. The van der Waals surface area contributed by atoms with Crippen molar-refractivity contribution in [1.29, 1.82) is 0 Å². The Hall–Kier alpha value is -1.47. The van der Waals surface area contributed by atoms with Gasteiger partial charge in [0.2, 0.25) is 11.9 Å². The maximum atomic E-state index is 5.79. The van der Waals surface area contributed by atoms with Gasteiger partial charge in [-0.3, -0.25) is 0 Å². The lowest BCUT2D eigenvalue weighted by atomic mass is 10.0. The molecule has 7 nitrogen and oxygen atoms in total. The maximum absolute atomic E-state index is 5.79. The molecule has 0 bridgehead atoms. The number of hydrogen-bond acceptors (Lipinski definition) is 7. The van der Waals surface area contributed by atoms with Gasteiger partial charge in [-0.2, -0.15) is 4.98 Å². The fourth-order valence-electron chi connectivity index (χ4n) is 3.07. The monoisotopic (exact) mass is 261 g/mol. The lowest BCUT2D eigenvalue weighted by molar-refractivity contribution is 0.533. The van der Waals surface area contributed by atoms with Crippen LogP contribution in [-0.4, -0.2) is 53.2 Å². The molecule has 3 fully saturated rings. The van der Waals surface area contributed by atoms with Crippen LogP contribution in [0.25, 0.3) is 0 Å². The molecule has 1 aliphatic carbocycles. The molecule has 3 aliphatic rings. The summed E-state index contributed by atoms with van der Waals surface area (Å²) in [7, 11) is 0. The van der Waals surface area contributed by atoms with Crippen LogP contribution in [0.4, 0.5) is 11.9 Å². The molecule has 1 aromatic heterocycles. The predicted octanol–water partition coefficient (Wildman–Crippen LogP) is -0.961. The van der Waals surface area contributed by atoms with Crippen LogP contribution in [-0.2, 0) is 0 Å². The fourth-order valence-corrected chi connectivity index (χ4v) is 3.07. The molecular formula is C12H19N7. The lowest BCUT2D eigenvalue weighted by Crippen LogP contribution is -2.27. The molecule has 2 aliphatic heterocycles. The highest BCUT2D eigenvalue weighted by atomic mass is 15.3. The topological polar surface area (TPSA) is 92.0 Å². The van der Waals surface area contributed by atoms with Gasteiger partial charge in [0.1, 0.15) is 6.33 Å². The van der Waals surface area contributed by atoms with Crippen molar-refractivity contribution in [2.45, 2.75) is 18.5 Å². The van der Waals surface area contributed by atoms with E-state index in [1.54, 1.807) is 6.33 Å². The quantitative estimate of drug-likeness (QED) is 0.645. The highest BCUT2D eigenvalue weighted by molar-refractivity contribution is 5.39. The van der Waals surface area contributed by atoms with Crippen LogP contribution in [0.3, 0.4) is 0 Å². The van der Waals surface area contributed by atoms with E-state index in [4.69, 9.17) is 5.73 Å². The average Bonchev–Trinajstić information content (AvgIpc) is 2.79. The van der Waals surface area contributed by atoms with Gasteiger partial charge in [0.05, 0.1) is 0 Å². The highest BCUT2D eigenvalue weighted by Crippen LogP contribution is 2.29. The molecule has 3 heterocycles. The van der Waals surface area contributed by atoms with E-state index in [-0.39, 0.29) is 6.04 Å². The minimum Gasteiger partial charge on any atom is -0.350 e. The van der Waals surface area contributed by atoms with Crippen molar-refractivity contribution in [3.63, 3.8) is 0 Å². The SMILES string of the molecule is N[C@@H]1C[C@H]1Nc1ncnc(N2C[C@H]3CNC[C@H]3C2)n1. The molecule has 2 saturated heterocycles. The average molecular weight is 261 g/mol. The standard InChI is InChI=1S/C12H19N7/c13-9-1-10(9)17-11-15-6-16-12(18-11)19-4-7-2-14-3-8(7)5-19/h6-10,14H,1-5,13H2,(H,15,16,17,18)/t7-,8+,9-,10-/m1/s1. The predicted molar refractivity (Wildman–Crippen MR) is 71.9 cm³/mol. The summed E-state index contributed by atoms with van der Waals surface area (Å²) in [4.78, 5) is 15.3. The minimum absolute atomic E-state index is 0.248. The molecule has 102 valence electrons. The summed E-state index contributed by atoms with van der Waals surface area (Å²) in [5.74, 6) is 2.93. The van der Waals surface area contributed by atoms with Crippen molar-refractivity contribution < 1.29 is 0 Å². The number of anilines is 2. The van der Waals surface area contributed by atoms with Gasteiger partial charge in [0, 0.05) is 38.3 Å². The highest BCUT2D eigenvalue weighted by Gasteiger charge is 2.37. The van der Waals surface area contributed by atoms with Crippen molar-refractivity contribution in [3.05, 3.63) is 6.33 Å². The zero-order chi connectivity index (χ0) is 12.8. The Labute approximate surface area is 112 Å². The Kier molecular flexibility index (Phi) is 2.56. The van der Waals surface area contributed by atoms with Gasteiger partial charge in [-0.1, -0.05) is 0 Å². The van der Waals surface area contributed by atoms with Crippen molar-refractivity contribution in [3.8, 4) is 0 Å². The molecule has 7 heteroatoms. The first-order valence-electron chi connectivity index (χ1n) is 6.96. The number of fused-ring (bicyclic) bond motifs is 1. The molecule has 0 aromatic carbocycles. The first-order chi connectivity index (χ1) is 9.29. The molecule has 0 unspecified atom stereocenters. The molecule has 0 radical (unpaired) electrons. The summed E-state index contributed by atoms with van der Waals surface area (Å²) < 4.78 is 0. The first-order valence-corrected chi connectivity index (χ1v) is 6.96. The Morgan fingerprint density at radius 1 is 1.26 bits per heavy atom. The number of hydrogen-bond donors (Lipinski definition) is 3. The first kappa shape index (κ1) is 11.4. The second-order valence-electron chi connectivity index (χ2n) is 5.84. The summed E-state index contributed by atoms with van der Waals surface area (Å²) in [6.07, 6.45) is 2.59. The van der Waals surface area contributed by atoms with Gasteiger partial charge in [-0.05, 0) is 18.3 Å². The Morgan fingerprint density at radius 2 is 2.00 bits per heavy atom. The molecule has 0 amide bonds. The van der Waals surface area contributed by atoms with Crippen molar-refractivity contribution >= 4 is 11.9 Å². The third-order valence-corrected chi connectivity index (χ3v) is 4.39. The van der Waals surface area contributed by atoms with E-state index in [1.165, 1.54) is 0 Å². The smallest absolute Gasteiger partial charge is 0.230 e. The van der Waals surface area contributed by atoms with E-state index in [2.05, 4.69) is 30.5 Å². The van der Waals surface area contributed by atoms with Crippen LogP contribution < -0.4 is 21.3 Å². The van der Waals surface area contributed by atoms with E-state index in [0.29, 0.717) is 12.0 Å². The molecule has 4 N–H and O–H groups in total. The van der Waals surface area contributed by atoms with Crippen LogP contribution in [0.5, 0.6) is 0 Å². The number of nitrogens with one attached hydrogen (secondary N) is 2. The summed E-state index contributed by atoms with van der Waals surface area (Å²) >= 11 is 0. The fraction of sp³-hybridized carbons (Fsp3) is 0.750. The second-order valence-corrected chi connectivity index (χ2v) is 5.84. The number of aromatic nitrogens is 3. The minimum atomic E-state index is 0.248. The zero-order valence-corrected chi connectivity index (χ0v) is 10.8. The summed E-state index contributed by atoms with van der Waals surface area (Å²) in [6, 6.07) is 0.579. The van der Waals surface area contributed by atoms with E-state index < -0.39 is 0 Å². The Balaban J connectivity index is 1.47. The summed E-state index contributed by atoms with van der Waals surface area (Å²) in [5, 5.41) is 6.69. The van der Waals surface area contributed by atoms with Gasteiger partial charge < -0.3 is 21.3 Å². The largest absolute Gasteiger partial charge is 0.350 e. The third kappa shape index (κ3) is 2.12. The molecule has 19 heavy (non-hydrogen) atoms. The van der Waals surface area contributed by atoms with Gasteiger partial charge >= 0.3 is 0 Å². The van der Waals surface area contributed by atoms with Crippen molar-refractivity contribution in [1.82, 2.24) is 20.3 Å². The van der Waals surface area contributed by atoms with Crippen LogP contribution in [0.15, 0.2) is 6.33 Å². The third-order valence-electron chi connectivity index (χ3n) is 4.39. The van der Waals surface area contributed by atoms with E-state index >= 15 is 0 Å². The van der Waals surface area contributed by atoms with E-state index in [0.717, 1.165) is 50.4 Å². The molecule has 4 rings (SSSR count). The second kappa shape index (κ2) is 4.28. The molecule has 0 spiro atoms. The van der Waals surface area contributed by atoms with Crippen LogP contribution in [0, 0.1) is 11.8 Å². The van der Waals surface area contributed by atoms with Gasteiger partial charge in [-0.15, -0.1) is 0 Å². The summed E-state index contributed by atoms with van der Waals surface area (Å²) in [5.41, 5.74) is 5.79. The van der Waals surface area contributed by atoms with Crippen LogP contribution >= 0.6 is 0 Å². The van der Waals surface area contributed by atoms with Gasteiger partial charge in [0.25, 0.3) is 0 Å². The lowest BCUT2D eigenvalue weighted by Gasteiger charge is -2.17. The number of nitrogens with zero attached hydrogens (tertiary/aromatic N) is 4. The van der Waals surface area contributed by atoms with Gasteiger partial charge in [0.15, 0.2) is 0 Å². The molecule has 1 saturated carbocycles. The Bertz CT molecular complexity index is 467. The van der Waals surface area contributed by atoms with E-state index in [9.17, 15) is 0 Å². The molecule has 4 atom stereocenters. The summed E-state index contributed by atoms with van der Waals surface area (Å²) in [6.45, 7) is 4.33. The Morgan fingerprint density at radius 3 is 2.68 bits per heavy atom.